The van der Waals surface area contributed by atoms with E-state index in [1.54, 1.807) is 20.3 Å². The molecule has 16 heteroatoms. The minimum absolute atomic E-state index is 0. The Morgan fingerprint density at radius 2 is 1.05 bits per heavy atom. The third-order valence-corrected chi connectivity index (χ3v) is 13.4. The fourth-order valence-corrected chi connectivity index (χ4v) is 9.23. The molecule has 2 saturated heterocycles. The van der Waals surface area contributed by atoms with Gasteiger partial charge in [0, 0.05) is 56.8 Å². The van der Waals surface area contributed by atoms with Gasteiger partial charge in [0.15, 0.2) is 11.6 Å². The fraction of sp³-hybridized carbons (Fsp3) is 0.439. The molecule has 1 amide bonds. The van der Waals surface area contributed by atoms with E-state index in [1.165, 1.54) is 24.0 Å². The van der Waals surface area contributed by atoms with Crippen LogP contribution in [-0.4, -0.2) is 106 Å². The number of likely N-dealkylation sites (tertiary alicyclic amines) is 1. The second-order valence-corrected chi connectivity index (χ2v) is 17.8. The number of carbonyl (C=O) groups excluding carboxylic acids is 1. The number of carboxylic acids is 1. The first kappa shape index (κ1) is 58.8. The largest absolute Gasteiger partial charge is 0.478 e. The van der Waals surface area contributed by atoms with Crippen molar-refractivity contribution in [3.05, 3.63) is 140 Å². The Labute approximate surface area is 437 Å². The number of methoxy groups -OCH3 is 2. The number of rotatable bonds is 16. The van der Waals surface area contributed by atoms with Crippen LogP contribution < -0.4 is 5.32 Å². The second kappa shape index (κ2) is 29.7. The Morgan fingerprint density at radius 1 is 0.644 bits per heavy atom. The van der Waals surface area contributed by atoms with Gasteiger partial charge in [0.1, 0.15) is 11.6 Å². The number of nitriles is 2. The quantitative estimate of drug-likeness (QED) is 0.0712. The number of aromatic carboxylic acids is 1. The van der Waals surface area contributed by atoms with Gasteiger partial charge in [-0.1, -0.05) is 71.5 Å². The van der Waals surface area contributed by atoms with Crippen LogP contribution in [0.5, 0.6) is 0 Å². The molecule has 15 nitrogen and oxygen atoms in total. The van der Waals surface area contributed by atoms with Crippen LogP contribution in [0, 0.1) is 22.7 Å². The third-order valence-electron chi connectivity index (χ3n) is 13.4. The maximum Gasteiger partial charge on any atom is 0.335 e. The van der Waals surface area contributed by atoms with Gasteiger partial charge in [-0.3, -0.25) is 15.0 Å². The number of piperidine rings is 2. The Bertz CT molecular complexity index is 2760. The van der Waals surface area contributed by atoms with Gasteiger partial charge in [-0.15, -0.1) is 12.4 Å². The first-order chi connectivity index (χ1) is 34.6. The van der Waals surface area contributed by atoms with Gasteiger partial charge in [-0.05, 0) is 146 Å². The van der Waals surface area contributed by atoms with Crippen molar-refractivity contribution in [2.24, 2.45) is 0 Å². The zero-order chi connectivity index (χ0) is 50.7. The van der Waals surface area contributed by atoms with E-state index in [2.05, 4.69) is 79.9 Å². The number of benzene rings is 4. The van der Waals surface area contributed by atoms with E-state index in [4.69, 9.17) is 20.0 Å². The van der Waals surface area contributed by atoms with Crippen molar-refractivity contribution in [1.29, 1.82) is 10.5 Å². The fourth-order valence-electron chi connectivity index (χ4n) is 9.23. The minimum atomic E-state index is -0.920. The molecule has 4 N–H and O–H groups in total. The van der Waals surface area contributed by atoms with Crippen LogP contribution in [-0.2, 0) is 48.0 Å². The van der Waals surface area contributed by atoms with E-state index in [0.29, 0.717) is 67.1 Å². The molecule has 2 aliphatic heterocycles. The highest BCUT2D eigenvalue weighted by Gasteiger charge is 2.27. The van der Waals surface area contributed by atoms with Crippen molar-refractivity contribution < 1.29 is 24.2 Å². The number of aryl methyl sites for hydroxylation is 4. The first-order valence-corrected chi connectivity index (χ1v) is 24.9. The predicted octanol–water partition coefficient (Wildman–Crippen LogP) is 10.2. The molecule has 0 saturated carbocycles. The number of carboxylic acid groups (broad SMARTS) is 1. The Balaban J connectivity index is 0.000000259. The van der Waals surface area contributed by atoms with Crippen LogP contribution >= 0.6 is 12.4 Å². The van der Waals surface area contributed by atoms with Crippen LogP contribution in [0.3, 0.4) is 0 Å². The number of hydrogen-bond acceptors (Lipinski definition) is 11. The highest BCUT2D eigenvalue weighted by Crippen LogP contribution is 2.32. The lowest BCUT2D eigenvalue weighted by Gasteiger charge is -2.33. The lowest BCUT2D eigenvalue weighted by atomic mass is 9.88. The maximum absolute atomic E-state index is 13.7. The highest BCUT2D eigenvalue weighted by atomic mass is 35.5. The third kappa shape index (κ3) is 15.6. The van der Waals surface area contributed by atoms with Crippen LogP contribution in [0.25, 0.3) is 22.8 Å². The number of halogens is 1. The van der Waals surface area contributed by atoms with E-state index in [-0.39, 0.29) is 25.7 Å². The summed E-state index contributed by atoms with van der Waals surface area (Å²) in [5.41, 5.74) is 10.9. The number of hydrogen-bond donors (Lipinski definition) is 4. The Hall–Kier alpha value is -6.75. The summed E-state index contributed by atoms with van der Waals surface area (Å²) in [7, 11) is 3.30. The first-order valence-electron chi connectivity index (χ1n) is 24.9. The van der Waals surface area contributed by atoms with Crippen LogP contribution in [0.15, 0.2) is 72.8 Å². The molecule has 0 spiro atoms. The van der Waals surface area contributed by atoms with Crippen LogP contribution in [0.4, 0.5) is 0 Å². The zero-order valence-corrected chi connectivity index (χ0v) is 43.3. The average molecular weight is 1010 g/mol. The lowest BCUT2D eigenvalue weighted by Crippen LogP contribution is -2.38. The molecule has 8 rings (SSSR count). The molecule has 0 radical (unpaired) electrons. The molecule has 2 aromatic heterocycles. The van der Waals surface area contributed by atoms with Crippen molar-refractivity contribution >= 4 is 24.3 Å². The molecule has 0 unspecified atom stereocenters. The van der Waals surface area contributed by atoms with Gasteiger partial charge in [0.2, 0.25) is 0 Å². The summed E-state index contributed by atoms with van der Waals surface area (Å²) in [6, 6.07) is 28.0. The van der Waals surface area contributed by atoms with Gasteiger partial charge in [0.25, 0.3) is 5.91 Å². The van der Waals surface area contributed by atoms with Crippen molar-refractivity contribution in [2.45, 2.75) is 111 Å². The van der Waals surface area contributed by atoms with E-state index >= 15 is 0 Å². The second-order valence-electron chi connectivity index (χ2n) is 17.8. The molecule has 73 heavy (non-hydrogen) atoms. The predicted molar refractivity (Wildman–Crippen MR) is 288 cm³/mol. The topological polar surface area (TPSA) is 219 Å². The van der Waals surface area contributed by atoms with E-state index in [1.807, 2.05) is 67.3 Å². The number of ether oxygens (including phenoxy) is 2. The molecular weight excluding hydrogens is 940 g/mol. The number of carbonyl (C=O) groups is 2. The highest BCUT2D eigenvalue weighted by molar-refractivity contribution is 5.97. The number of H-pyrrole nitrogens is 2. The summed E-state index contributed by atoms with van der Waals surface area (Å²) in [6.07, 6.45) is 8.69. The SMILES string of the molecule is C.CCc1cc(CC)c(-c2n[nH]c(CCOC)n2)cc1C(=O)N1CCC(c2ccc(C#N)cc2)CC1.CCc1cc(CC)c(-c2n[nH]c(CCOC)n2)cc1C(=O)O.Cl.N#Cc1ccc(C2CCNCC2)cc1. The molecule has 2 fully saturated rings. The number of aromatic nitrogens is 6. The van der Waals surface area contributed by atoms with Crippen molar-refractivity contribution in [3.8, 4) is 34.9 Å². The van der Waals surface area contributed by atoms with Crippen LogP contribution in [0.2, 0.25) is 0 Å². The van der Waals surface area contributed by atoms with E-state index in [0.717, 1.165) is 114 Å². The smallest absolute Gasteiger partial charge is 0.335 e. The summed E-state index contributed by atoms with van der Waals surface area (Å²) in [6.45, 7) is 13.0. The van der Waals surface area contributed by atoms with E-state index in [9.17, 15) is 14.7 Å². The molecule has 6 aromatic rings. The summed E-state index contributed by atoms with van der Waals surface area (Å²) in [4.78, 5) is 36.2. The average Bonchev–Trinajstić information content (AvgIpc) is 4.12. The number of amides is 1. The lowest BCUT2D eigenvalue weighted by molar-refractivity contribution is 0.0691. The standard InChI is InChI=1S/C28H33N5O2.C16H21N3O3.C12H14N2.CH4.ClH/c1-4-20-16-21(5-2)25(17-24(20)27-30-26(31-32-27)12-15-35-3)28(34)33-13-10-23(11-14-33)22-8-6-19(18-29)7-9-22;1-4-10-8-11(5-2)13(16(20)21)9-12(10)15-17-14(18-19-15)6-7-22-3;13-9-10-1-3-11(4-2-10)12-5-7-14-8-6-12;;/h6-9,16-17,23H,4-5,10-15H2,1-3H3,(H,30,31,32);8-9H,4-7H2,1-3H3,(H,20,21)(H,17,18,19);1-4,12,14H,5-8H2;1H4;1H. The summed E-state index contributed by atoms with van der Waals surface area (Å²) >= 11 is 0. The summed E-state index contributed by atoms with van der Waals surface area (Å²) in [5, 5.41) is 45.0. The van der Waals surface area contributed by atoms with Crippen LogP contribution in [0.1, 0.15) is 150 Å². The number of nitrogens with one attached hydrogen (secondary N) is 3. The van der Waals surface area contributed by atoms with E-state index < -0.39 is 5.97 Å². The molecule has 4 aromatic carbocycles. The minimum Gasteiger partial charge on any atom is -0.478 e. The maximum atomic E-state index is 13.7. The zero-order valence-electron chi connectivity index (χ0n) is 42.5. The van der Waals surface area contributed by atoms with Crippen molar-refractivity contribution in [3.63, 3.8) is 0 Å². The number of aromatic amines is 2. The monoisotopic (exact) mass is 1010 g/mol. The molecular formula is C57H73ClN10O5. The molecule has 0 bridgehead atoms. The molecule has 0 aliphatic carbocycles. The summed E-state index contributed by atoms with van der Waals surface area (Å²) < 4.78 is 10.2. The summed E-state index contributed by atoms with van der Waals surface area (Å²) in [5.74, 6) is 2.93. The van der Waals surface area contributed by atoms with Gasteiger partial charge in [0.05, 0.1) is 42.0 Å². The Morgan fingerprint density at radius 3 is 1.45 bits per heavy atom. The van der Waals surface area contributed by atoms with Crippen molar-refractivity contribution in [1.82, 2.24) is 40.6 Å². The molecule has 388 valence electrons. The van der Waals surface area contributed by atoms with Gasteiger partial charge in [-0.2, -0.15) is 20.7 Å². The van der Waals surface area contributed by atoms with Gasteiger partial charge in [-0.25, -0.2) is 14.8 Å². The molecule has 4 heterocycles. The Kier molecular flexibility index (Phi) is 23.9. The molecule has 0 atom stereocenters. The van der Waals surface area contributed by atoms with Crippen molar-refractivity contribution in [2.75, 3.05) is 53.6 Å². The molecule has 2 aliphatic rings. The normalized spacial score (nSPS) is 13.5. The number of nitrogens with zero attached hydrogens (tertiary/aromatic N) is 7. The van der Waals surface area contributed by atoms with Gasteiger partial charge < -0.3 is 24.8 Å². The van der Waals surface area contributed by atoms with Gasteiger partial charge >= 0.3 is 5.97 Å².